The van der Waals surface area contributed by atoms with Crippen LogP contribution in [-0.2, 0) is 0 Å². The number of methoxy groups -OCH3 is 2. The highest BCUT2D eigenvalue weighted by molar-refractivity contribution is 7.14. The molecule has 1 fully saturated rings. The van der Waals surface area contributed by atoms with Crippen LogP contribution in [0, 0.1) is 12.7 Å². The number of nitrogens with zero attached hydrogens (tertiary/aromatic N) is 3. The molecule has 1 amide bonds. The summed E-state index contributed by atoms with van der Waals surface area (Å²) in [4.78, 5) is 22.2. The number of benzene rings is 2. The molecule has 0 radical (unpaired) electrons. The van der Waals surface area contributed by atoms with E-state index in [1.54, 1.807) is 32.4 Å². The largest absolute Gasteiger partial charge is 0.497 e. The van der Waals surface area contributed by atoms with Crippen LogP contribution < -0.4 is 14.4 Å². The van der Waals surface area contributed by atoms with Crippen LogP contribution in [0.25, 0.3) is 11.3 Å². The number of hydrogen-bond donors (Lipinski definition) is 0. The van der Waals surface area contributed by atoms with Gasteiger partial charge in [-0.05, 0) is 19.1 Å². The number of anilines is 1. The summed E-state index contributed by atoms with van der Waals surface area (Å²) >= 11 is 1.31. The van der Waals surface area contributed by atoms with Gasteiger partial charge in [-0.15, -0.1) is 11.3 Å². The summed E-state index contributed by atoms with van der Waals surface area (Å²) in [5, 5.41) is 0.740. The number of amides is 1. The summed E-state index contributed by atoms with van der Waals surface area (Å²) < 4.78 is 25.1. The Morgan fingerprint density at radius 3 is 2.29 bits per heavy atom. The van der Waals surface area contributed by atoms with Crippen LogP contribution in [0.1, 0.15) is 14.7 Å². The van der Waals surface area contributed by atoms with Crippen LogP contribution in [-0.4, -0.2) is 56.2 Å². The zero-order valence-corrected chi connectivity index (χ0v) is 18.5. The van der Waals surface area contributed by atoms with Gasteiger partial charge in [-0.2, -0.15) is 0 Å². The van der Waals surface area contributed by atoms with Crippen LogP contribution in [0.4, 0.5) is 10.1 Å². The molecule has 2 aromatic carbocycles. The van der Waals surface area contributed by atoms with E-state index in [-0.39, 0.29) is 11.7 Å². The first-order valence-electron chi connectivity index (χ1n) is 9.99. The highest BCUT2D eigenvalue weighted by Gasteiger charge is 2.28. The van der Waals surface area contributed by atoms with Gasteiger partial charge >= 0.3 is 0 Å². The van der Waals surface area contributed by atoms with Crippen LogP contribution in [0.2, 0.25) is 0 Å². The number of aromatic nitrogens is 1. The average molecular weight is 442 g/mol. The van der Waals surface area contributed by atoms with Crippen molar-refractivity contribution in [2.24, 2.45) is 0 Å². The maximum atomic E-state index is 14.3. The second kappa shape index (κ2) is 8.93. The molecule has 0 aliphatic carbocycles. The van der Waals surface area contributed by atoms with Crippen molar-refractivity contribution in [1.82, 2.24) is 9.88 Å². The van der Waals surface area contributed by atoms with E-state index in [9.17, 15) is 9.18 Å². The molecular weight excluding hydrogens is 417 g/mol. The van der Waals surface area contributed by atoms with Crippen molar-refractivity contribution in [1.29, 1.82) is 0 Å². The van der Waals surface area contributed by atoms with Crippen molar-refractivity contribution in [3.05, 3.63) is 58.2 Å². The monoisotopic (exact) mass is 441 g/mol. The molecule has 4 rings (SSSR count). The summed E-state index contributed by atoms with van der Waals surface area (Å²) in [5.41, 5.74) is 1.77. The minimum atomic E-state index is -0.376. The molecular formula is C23H24FN3O3S. The van der Waals surface area contributed by atoms with E-state index in [2.05, 4.69) is 9.88 Å². The average Bonchev–Trinajstić information content (AvgIpc) is 3.19. The number of hydrogen-bond acceptors (Lipinski definition) is 6. The lowest BCUT2D eigenvalue weighted by Gasteiger charge is -2.36. The van der Waals surface area contributed by atoms with E-state index in [4.69, 9.17) is 9.47 Å². The molecule has 0 saturated carbocycles. The fourth-order valence-electron chi connectivity index (χ4n) is 3.69. The Morgan fingerprint density at radius 1 is 1.03 bits per heavy atom. The van der Waals surface area contributed by atoms with E-state index < -0.39 is 0 Å². The molecule has 8 heteroatoms. The second-order valence-electron chi connectivity index (χ2n) is 7.24. The molecule has 0 bridgehead atoms. The van der Waals surface area contributed by atoms with Crippen molar-refractivity contribution in [2.45, 2.75) is 6.92 Å². The quantitative estimate of drug-likeness (QED) is 0.593. The predicted molar refractivity (Wildman–Crippen MR) is 120 cm³/mol. The van der Waals surface area contributed by atoms with E-state index >= 15 is 0 Å². The van der Waals surface area contributed by atoms with Gasteiger partial charge in [0.15, 0.2) is 0 Å². The number of halogens is 1. The molecule has 3 aromatic rings. The molecule has 6 nitrogen and oxygen atoms in total. The Hall–Kier alpha value is -3.13. The van der Waals surface area contributed by atoms with Crippen LogP contribution in [0.15, 0.2) is 42.5 Å². The number of carbonyl (C=O) groups excluding carboxylic acids is 1. The summed E-state index contributed by atoms with van der Waals surface area (Å²) in [6, 6.07) is 12.2. The van der Waals surface area contributed by atoms with E-state index in [1.165, 1.54) is 17.4 Å². The van der Waals surface area contributed by atoms with Gasteiger partial charge in [0.2, 0.25) is 0 Å². The van der Waals surface area contributed by atoms with E-state index in [1.807, 2.05) is 30.0 Å². The minimum absolute atomic E-state index is 0.105. The Kier molecular flexibility index (Phi) is 6.08. The number of ether oxygens (including phenoxy) is 2. The lowest BCUT2D eigenvalue weighted by molar-refractivity contribution is 0.0752. The van der Waals surface area contributed by atoms with Crippen molar-refractivity contribution in [3.63, 3.8) is 0 Å². The van der Waals surface area contributed by atoms with Crippen LogP contribution >= 0.6 is 11.3 Å². The predicted octanol–water partition coefficient (Wildman–Crippen LogP) is 4.24. The molecule has 1 saturated heterocycles. The maximum Gasteiger partial charge on any atom is 0.266 e. The first kappa shape index (κ1) is 21.1. The molecule has 31 heavy (non-hydrogen) atoms. The molecule has 0 unspecified atom stereocenters. The molecule has 1 aliphatic rings. The lowest BCUT2D eigenvalue weighted by Crippen LogP contribution is -2.48. The summed E-state index contributed by atoms with van der Waals surface area (Å²) in [6.45, 7) is 4.31. The van der Waals surface area contributed by atoms with Gasteiger partial charge < -0.3 is 19.3 Å². The number of carbonyl (C=O) groups is 1. The fourth-order valence-corrected chi connectivity index (χ4v) is 4.60. The first-order chi connectivity index (χ1) is 15.0. The maximum absolute atomic E-state index is 14.3. The van der Waals surface area contributed by atoms with E-state index in [0.717, 1.165) is 22.2 Å². The highest BCUT2D eigenvalue weighted by Crippen LogP contribution is 2.32. The van der Waals surface area contributed by atoms with Gasteiger partial charge in [0.25, 0.3) is 5.91 Å². The first-order valence-corrected chi connectivity index (χ1v) is 10.8. The van der Waals surface area contributed by atoms with Gasteiger partial charge in [0.1, 0.15) is 22.2 Å². The molecule has 2 heterocycles. The standard InChI is InChI=1S/C23H24FN3O3S/c1-15-25-21(19-6-4-5-7-20(19)24)22(31-15)23(28)27-10-8-26(9-11-27)16-12-17(29-2)14-18(13-16)30-3/h4-7,12-14H,8-11H2,1-3H3. The number of aryl methyl sites for hydroxylation is 1. The zero-order chi connectivity index (χ0) is 22.0. The topological polar surface area (TPSA) is 54.9 Å². The van der Waals surface area contributed by atoms with Crippen molar-refractivity contribution >= 4 is 22.9 Å². The van der Waals surface area contributed by atoms with Crippen molar-refractivity contribution in [3.8, 4) is 22.8 Å². The van der Waals surface area contributed by atoms with Gasteiger partial charge in [-0.1, -0.05) is 12.1 Å². The molecule has 1 aromatic heterocycles. The zero-order valence-electron chi connectivity index (χ0n) is 17.7. The number of thiazole rings is 1. The van der Waals surface area contributed by atoms with E-state index in [0.29, 0.717) is 42.3 Å². The molecule has 0 N–H and O–H groups in total. The third kappa shape index (κ3) is 4.34. The molecule has 1 aliphatic heterocycles. The Morgan fingerprint density at radius 2 is 1.68 bits per heavy atom. The third-order valence-electron chi connectivity index (χ3n) is 5.33. The van der Waals surface area contributed by atoms with Gasteiger partial charge in [0.05, 0.1) is 24.9 Å². The molecule has 162 valence electrons. The summed E-state index contributed by atoms with van der Waals surface area (Å²) in [6.07, 6.45) is 0. The Labute approximate surface area is 184 Å². The second-order valence-corrected chi connectivity index (χ2v) is 8.44. The Balaban J connectivity index is 1.52. The lowest BCUT2D eigenvalue weighted by atomic mass is 10.1. The minimum Gasteiger partial charge on any atom is -0.497 e. The van der Waals surface area contributed by atoms with Crippen LogP contribution in [0.5, 0.6) is 11.5 Å². The van der Waals surface area contributed by atoms with Crippen molar-refractivity contribution < 1.29 is 18.7 Å². The number of piperazine rings is 1. The SMILES string of the molecule is COc1cc(OC)cc(N2CCN(C(=O)c3sc(C)nc3-c3ccccc3F)CC2)c1. The number of rotatable bonds is 5. The summed E-state index contributed by atoms with van der Waals surface area (Å²) in [7, 11) is 3.25. The highest BCUT2D eigenvalue weighted by atomic mass is 32.1. The Bertz CT molecular complexity index is 1070. The van der Waals surface area contributed by atoms with Crippen molar-refractivity contribution in [2.75, 3.05) is 45.3 Å². The summed E-state index contributed by atoms with van der Waals surface area (Å²) in [5.74, 6) is 0.968. The van der Waals surface area contributed by atoms with Gasteiger partial charge in [-0.3, -0.25) is 4.79 Å². The molecule has 0 spiro atoms. The third-order valence-corrected chi connectivity index (χ3v) is 6.28. The van der Waals surface area contributed by atoms with Crippen LogP contribution in [0.3, 0.4) is 0 Å². The molecule has 0 atom stereocenters. The van der Waals surface area contributed by atoms with Gasteiger partial charge in [-0.25, -0.2) is 9.37 Å². The van der Waals surface area contributed by atoms with Gasteiger partial charge in [0, 0.05) is 55.6 Å². The smallest absolute Gasteiger partial charge is 0.266 e. The normalized spacial score (nSPS) is 13.9. The fraction of sp³-hybridized carbons (Fsp3) is 0.304.